The van der Waals surface area contributed by atoms with Crippen molar-refractivity contribution in [2.75, 3.05) is 18.0 Å². The Morgan fingerprint density at radius 3 is 2.28 bits per heavy atom. The molecule has 1 aliphatic heterocycles. The van der Waals surface area contributed by atoms with E-state index in [1.165, 1.54) is 18.5 Å². The molecule has 1 heterocycles. The molecule has 1 atom stereocenters. The highest BCUT2D eigenvalue weighted by atomic mass is 79.9. The summed E-state index contributed by atoms with van der Waals surface area (Å²) in [4.78, 5) is 14.8. The molecule has 132 valence electrons. The van der Waals surface area contributed by atoms with Gasteiger partial charge in [0, 0.05) is 28.8 Å². The van der Waals surface area contributed by atoms with Gasteiger partial charge in [0.25, 0.3) is 5.91 Å². The van der Waals surface area contributed by atoms with Gasteiger partial charge in [0.15, 0.2) is 0 Å². The number of carbonyl (C=O) groups excluding carboxylic acids is 1. The van der Waals surface area contributed by atoms with Crippen molar-refractivity contribution in [3.8, 4) is 0 Å². The van der Waals surface area contributed by atoms with Crippen molar-refractivity contribution in [2.45, 2.75) is 32.7 Å². The third-order valence-corrected chi connectivity index (χ3v) is 5.52. The minimum Gasteiger partial charge on any atom is -0.372 e. The molecule has 1 saturated heterocycles. The summed E-state index contributed by atoms with van der Waals surface area (Å²) in [5.74, 6) is 0.790. The van der Waals surface area contributed by atoms with Crippen LogP contribution in [0.5, 0.6) is 0 Å². The summed E-state index contributed by atoms with van der Waals surface area (Å²) in [7, 11) is 0. The Labute approximate surface area is 158 Å². The molecule has 0 saturated carbocycles. The van der Waals surface area contributed by atoms with Crippen LogP contribution in [0.25, 0.3) is 0 Å². The Kier molecular flexibility index (Phi) is 5.79. The Morgan fingerprint density at radius 1 is 1.08 bits per heavy atom. The molecule has 3 rings (SSSR count). The number of rotatable bonds is 4. The van der Waals surface area contributed by atoms with Gasteiger partial charge >= 0.3 is 0 Å². The zero-order valence-corrected chi connectivity index (χ0v) is 16.4. The summed E-state index contributed by atoms with van der Waals surface area (Å²) in [6.07, 6.45) is 2.53. The first-order valence-corrected chi connectivity index (χ1v) is 9.73. The van der Waals surface area contributed by atoms with Crippen molar-refractivity contribution in [2.24, 2.45) is 5.92 Å². The van der Waals surface area contributed by atoms with Crippen molar-refractivity contribution >= 4 is 27.5 Å². The van der Waals surface area contributed by atoms with Crippen molar-refractivity contribution in [3.63, 3.8) is 0 Å². The molecule has 2 aromatic carbocycles. The number of anilines is 1. The largest absolute Gasteiger partial charge is 0.372 e. The fraction of sp³-hybridized carbons (Fsp3) is 0.381. The average Bonchev–Trinajstić information content (AvgIpc) is 2.63. The second-order valence-corrected chi connectivity index (χ2v) is 7.88. The highest BCUT2D eigenvalue weighted by Gasteiger charge is 2.16. The first kappa shape index (κ1) is 18.0. The lowest BCUT2D eigenvalue weighted by Crippen LogP contribution is -2.32. The quantitative estimate of drug-likeness (QED) is 0.766. The maximum Gasteiger partial charge on any atom is 0.251 e. The summed E-state index contributed by atoms with van der Waals surface area (Å²) in [6.45, 7) is 6.62. The molecule has 1 N–H and O–H groups in total. The summed E-state index contributed by atoms with van der Waals surface area (Å²) in [5, 5.41) is 3.07. The van der Waals surface area contributed by atoms with Gasteiger partial charge in [-0.25, -0.2) is 0 Å². The molecule has 25 heavy (non-hydrogen) atoms. The van der Waals surface area contributed by atoms with Crippen LogP contribution in [0.3, 0.4) is 0 Å². The minimum absolute atomic E-state index is 0.0217. The lowest BCUT2D eigenvalue weighted by atomic mass is 9.98. The lowest BCUT2D eigenvalue weighted by Gasteiger charge is -2.32. The summed E-state index contributed by atoms with van der Waals surface area (Å²) < 4.78 is 0.972. The Morgan fingerprint density at radius 2 is 1.68 bits per heavy atom. The van der Waals surface area contributed by atoms with Gasteiger partial charge in [-0.2, -0.15) is 0 Å². The molecule has 1 amide bonds. The van der Waals surface area contributed by atoms with E-state index in [-0.39, 0.29) is 11.9 Å². The summed E-state index contributed by atoms with van der Waals surface area (Å²) >= 11 is 3.39. The third-order valence-electron chi connectivity index (χ3n) is 5.00. The van der Waals surface area contributed by atoms with Crippen LogP contribution < -0.4 is 10.2 Å². The topological polar surface area (TPSA) is 32.3 Å². The minimum atomic E-state index is -0.0471. The Bertz CT molecular complexity index is 704. The molecule has 3 nitrogen and oxygen atoms in total. The fourth-order valence-electron chi connectivity index (χ4n) is 3.21. The Balaban J connectivity index is 1.61. The van der Waals surface area contributed by atoms with E-state index in [0.29, 0.717) is 5.56 Å². The predicted octanol–water partition coefficient (Wildman–Crippen LogP) is 5.18. The van der Waals surface area contributed by atoms with E-state index in [1.807, 2.05) is 31.2 Å². The Hall–Kier alpha value is -1.81. The second kappa shape index (κ2) is 8.05. The zero-order valence-electron chi connectivity index (χ0n) is 14.8. The number of amides is 1. The van der Waals surface area contributed by atoms with Crippen LogP contribution in [0.4, 0.5) is 5.69 Å². The normalized spacial score (nSPS) is 16.5. The number of piperidine rings is 1. The summed E-state index contributed by atoms with van der Waals surface area (Å²) in [6, 6.07) is 16.0. The SMILES string of the molecule is CC1CCN(c2ccc(C(C)NC(=O)c3ccc(Br)cc3)cc2)CC1. The van der Waals surface area contributed by atoms with E-state index in [9.17, 15) is 4.79 Å². The van der Waals surface area contributed by atoms with Crippen LogP contribution >= 0.6 is 15.9 Å². The highest BCUT2D eigenvalue weighted by Crippen LogP contribution is 2.24. The highest BCUT2D eigenvalue weighted by molar-refractivity contribution is 9.10. The van der Waals surface area contributed by atoms with Gasteiger partial charge in [0.1, 0.15) is 0 Å². The van der Waals surface area contributed by atoms with Gasteiger partial charge in [0.2, 0.25) is 0 Å². The van der Waals surface area contributed by atoms with Gasteiger partial charge < -0.3 is 10.2 Å². The van der Waals surface area contributed by atoms with E-state index in [2.05, 4.69) is 57.3 Å². The smallest absolute Gasteiger partial charge is 0.251 e. The van der Waals surface area contributed by atoms with Crippen LogP contribution in [0.2, 0.25) is 0 Å². The maximum absolute atomic E-state index is 12.4. The number of nitrogens with zero attached hydrogens (tertiary/aromatic N) is 1. The zero-order chi connectivity index (χ0) is 17.8. The van der Waals surface area contributed by atoms with Crippen molar-refractivity contribution in [3.05, 3.63) is 64.1 Å². The van der Waals surface area contributed by atoms with Crippen LogP contribution in [0, 0.1) is 5.92 Å². The first-order valence-electron chi connectivity index (χ1n) is 8.94. The number of hydrogen-bond donors (Lipinski definition) is 1. The lowest BCUT2D eigenvalue weighted by molar-refractivity contribution is 0.0940. The van der Waals surface area contributed by atoms with E-state index >= 15 is 0 Å². The van der Waals surface area contributed by atoms with Gasteiger partial charge in [-0.1, -0.05) is 35.0 Å². The van der Waals surface area contributed by atoms with Crippen molar-refractivity contribution in [1.29, 1.82) is 0 Å². The van der Waals surface area contributed by atoms with E-state index in [4.69, 9.17) is 0 Å². The molecule has 0 aliphatic carbocycles. The number of nitrogens with one attached hydrogen (secondary N) is 1. The van der Waals surface area contributed by atoms with E-state index in [0.717, 1.165) is 29.0 Å². The molecule has 1 unspecified atom stereocenters. The van der Waals surface area contributed by atoms with Crippen LogP contribution in [-0.2, 0) is 0 Å². The molecule has 2 aromatic rings. The van der Waals surface area contributed by atoms with E-state index in [1.54, 1.807) is 0 Å². The van der Waals surface area contributed by atoms with Gasteiger partial charge in [-0.15, -0.1) is 0 Å². The first-order chi connectivity index (χ1) is 12.0. The number of halogens is 1. The molecule has 0 bridgehead atoms. The van der Waals surface area contributed by atoms with E-state index < -0.39 is 0 Å². The monoisotopic (exact) mass is 400 g/mol. The fourth-order valence-corrected chi connectivity index (χ4v) is 3.47. The number of carbonyl (C=O) groups is 1. The third kappa shape index (κ3) is 4.63. The molecule has 0 radical (unpaired) electrons. The average molecular weight is 401 g/mol. The second-order valence-electron chi connectivity index (χ2n) is 6.96. The summed E-state index contributed by atoms with van der Waals surface area (Å²) in [5.41, 5.74) is 3.08. The van der Waals surface area contributed by atoms with Crippen LogP contribution in [0.1, 0.15) is 48.7 Å². The van der Waals surface area contributed by atoms with Crippen molar-refractivity contribution < 1.29 is 4.79 Å². The molecule has 1 aliphatic rings. The molecule has 4 heteroatoms. The maximum atomic E-state index is 12.4. The molecule has 0 spiro atoms. The van der Waals surface area contributed by atoms with Crippen molar-refractivity contribution in [1.82, 2.24) is 5.32 Å². The number of hydrogen-bond acceptors (Lipinski definition) is 2. The standard InChI is InChI=1S/C21H25BrN2O/c1-15-11-13-24(14-12-15)20-9-5-17(6-10-20)16(2)23-21(25)18-3-7-19(22)8-4-18/h3-10,15-16H,11-14H2,1-2H3,(H,23,25). The number of benzene rings is 2. The molecule has 1 fully saturated rings. The molecular weight excluding hydrogens is 376 g/mol. The van der Waals surface area contributed by atoms with Gasteiger partial charge in [-0.05, 0) is 67.6 Å². The van der Waals surface area contributed by atoms with Crippen LogP contribution in [-0.4, -0.2) is 19.0 Å². The predicted molar refractivity (Wildman–Crippen MR) is 107 cm³/mol. The molecule has 0 aromatic heterocycles. The van der Waals surface area contributed by atoms with Crippen LogP contribution in [0.15, 0.2) is 53.0 Å². The van der Waals surface area contributed by atoms with Gasteiger partial charge in [0.05, 0.1) is 6.04 Å². The molecular formula is C21H25BrN2O. The van der Waals surface area contributed by atoms with Gasteiger partial charge in [-0.3, -0.25) is 4.79 Å².